The number of nitrogens with zero attached hydrogens (tertiary/aromatic N) is 3. The van der Waals surface area contributed by atoms with E-state index in [9.17, 15) is 8.42 Å². The Kier molecular flexibility index (Phi) is 4.86. The molecule has 0 aliphatic carbocycles. The Morgan fingerprint density at radius 3 is 2.52 bits per heavy atom. The molecule has 0 fully saturated rings. The zero-order valence-corrected chi connectivity index (χ0v) is 14.8. The Morgan fingerprint density at radius 1 is 1.08 bits per heavy atom. The Hall–Kier alpha value is -2.65. The van der Waals surface area contributed by atoms with Crippen molar-refractivity contribution in [2.75, 3.05) is 30.7 Å². The van der Waals surface area contributed by atoms with E-state index in [-0.39, 0.29) is 5.82 Å². The van der Waals surface area contributed by atoms with Crippen molar-refractivity contribution in [2.24, 2.45) is 0 Å². The molecule has 9 heteroatoms. The monoisotopic (exact) mass is 360 g/mol. The van der Waals surface area contributed by atoms with Gasteiger partial charge in [0.15, 0.2) is 5.82 Å². The van der Waals surface area contributed by atoms with Crippen molar-refractivity contribution < 1.29 is 8.42 Å². The molecule has 0 aliphatic rings. The number of nitrogens with one attached hydrogen (secondary N) is 3. The van der Waals surface area contributed by atoms with Crippen LogP contribution in [0.15, 0.2) is 42.6 Å². The van der Waals surface area contributed by atoms with Crippen LogP contribution in [0.1, 0.15) is 5.56 Å². The minimum absolute atomic E-state index is 0.177. The van der Waals surface area contributed by atoms with Gasteiger partial charge in [-0.3, -0.25) is 4.72 Å². The lowest BCUT2D eigenvalue weighted by Gasteiger charge is -2.12. The Balaban J connectivity index is 1.57. The van der Waals surface area contributed by atoms with Crippen LogP contribution < -0.4 is 10.0 Å². The molecular weight excluding hydrogens is 340 g/mol. The molecule has 0 atom stereocenters. The number of rotatable bonds is 7. The van der Waals surface area contributed by atoms with Gasteiger partial charge in [-0.15, -0.1) is 10.2 Å². The molecule has 8 nitrogen and oxygen atoms in total. The fraction of sp³-hybridized carbons (Fsp3) is 0.250. The molecule has 0 amide bonds. The summed E-state index contributed by atoms with van der Waals surface area (Å²) >= 11 is 0. The average molecular weight is 360 g/mol. The van der Waals surface area contributed by atoms with Crippen molar-refractivity contribution >= 4 is 32.7 Å². The lowest BCUT2D eigenvalue weighted by molar-refractivity contribution is 0.526. The van der Waals surface area contributed by atoms with E-state index in [1.165, 1.54) is 25.0 Å². The molecule has 0 bridgehead atoms. The molecule has 132 valence electrons. The summed E-state index contributed by atoms with van der Waals surface area (Å²) in [4.78, 5) is 3.25. The molecule has 2 heterocycles. The zero-order valence-electron chi connectivity index (χ0n) is 14.0. The lowest BCUT2D eigenvalue weighted by atomic mass is 10.1. The second-order valence-electron chi connectivity index (χ2n) is 5.73. The van der Waals surface area contributed by atoms with Crippen molar-refractivity contribution in [1.29, 1.82) is 0 Å². The first-order valence-corrected chi connectivity index (χ1v) is 9.22. The van der Waals surface area contributed by atoms with E-state index < -0.39 is 10.2 Å². The predicted octanol–water partition coefficient (Wildman–Crippen LogP) is 1.83. The fourth-order valence-electron chi connectivity index (χ4n) is 2.37. The third-order valence-electron chi connectivity index (χ3n) is 3.75. The molecule has 0 aliphatic heterocycles. The first-order chi connectivity index (χ1) is 12.0. The highest BCUT2D eigenvalue weighted by atomic mass is 32.2. The molecule has 0 spiro atoms. The highest BCUT2D eigenvalue weighted by Crippen LogP contribution is 2.18. The van der Waals surface area contributed by atoms with Crippen LogP contribution in [0.5, 0.6) is 0 Å². The minimum atomic E-state index is -3.57. The van der Waals surface area contributed by atoms with Gasteiger partial charge in [-0.25, -0.2) is 0 Å². The van der Waals surface area contributed by atoms with Gasteiger partial charge in [0.25, 0.3) is 0 Å². The van der Waals surface area contributed by atoms with Gasteiger partial charge in [0.2, 0.25) is 0 Å². The maximum absolute atomic E-state index is 11.7. The Bertz CT molecular complexity index is 950. The maximum Gasteiger partial charge on any atom is 0.302 e. The summed E-state index contributed by atoms with van der Waals surface area (Å²) in [5.74, 6) is 0.767. The van der Waals surface area contributed by atoms with E-state index in [0.29, 0.717) is 12.4 Å². The molecule has 25 heavy (non-hydrogen) atoms. The van der Waals surface area contributed by atoms with Gasteiger partial charge in [-0.1, -0.05) is 18.2 Å². The summed E-state index contributed by atoms with van der Waals surface area (Å²) in [6.45, 7) is 0.694. The number of benzene rings is 1. The summed E-state index contributed by atoms with van der Waals surface area (Å²) in [6, 6.07) is 11.4. The van der Waals surface area contributed by atoms with Crippen molar-refractivity contribution in [1.82, 2.24) is 19.5 Å². The molecule has 3 aromatic rings. The average Bonchev–Trinajstić information content (AvgIpc) is 2.99. The molecule has 0 saturated heterocycles. The SMILES string of the molecule is CN(C)S(=O)(=O)Nc1ccc(NCCc2c[nH]c3ccccc23)nn1. The van der Waals surface area contributed by atoms with E-state index >= 15 is 0 Å². The number of para-hydroxylation sites is 1. The molecular formula is C16H20N6O2S. The molecule has 2 aromatic heterocycles. The third kappa shape index (κ3) is 4.06. The zero-order chi connectivity index (χ0) is 17.9. The molecule has 0 radical (unpaired) electrons. The largest absolute Gasteiger partial charge is 0.368 e. The first kappa shape index (κ1) is 17.2. The highest BCUT2D eigenvalue weighted by molar-refractivity contribution is 7.90. The number of anilines is 2. The number of hydrogen-bond acceptors (Lipinski definition) is 5. The standard InChI is InChI=1S/C16H20N6O2S/c1-22(2)25(23,24)21-16-8-7-15(19-20-16)17-10-9-12-11-18-14-6-4-3-5-13(12)14/h3-8,11,18H,9-10H2,1-2H3,(H,17,19)(H,20,21). The van der Waals surface area contributed by atoms with Crippen LogP contribution in [-0.4, -0.2) is 48.5 Å². The van der Waals surface area contributed by atoms with E-state index in [1.54, 1.807) is 12.1 Å². The molecule has 1 aromatic carbocycles. The van der Waals surface area contributed by atoms with E-state index in [2.05, 4.69) is 31.3 Å². The van der Waals surface area contributed by atoms with E-state index in [1.807, 2.05) is 24.4 Å². The van der Waals surface area contributed by atoms with Crippen LogP contribution in [0.4, 0.5) is 11.6 Å². The second-order valence-corrected chi connectivity index (χ2v) is 7.61. The number of fused-ring (bicyclic) bond motifs is 1. The van der Waals surface area contributed by atoms with Gasteiger partial charge in [0.1, 0.15) is 5.82 Å². The Morgan fingerprint density at radius 2 is 1.80 bits per heavy atom. The van der Waals surface area contributed by atoms with Crippen molar-refractivity contribution in [3.8, 4) is 0 Å². The quantitative estimate of drug-likeness (QED) is 0.596. The van der Waals surface area contributed by atoms with Crippen LogP contribution in [0.2, 0.25) is 0 Å². The summed E-state index contributed by atoms with van der Waals surface area (Å²) in [5.41, 5.74) is 2.35. The van der Waals surface area contributed by atoms with E-state index in [4.69, 9.17) is 0 Å². The first-order valence-electron chi connectivity index (χ1n) is 7.78. The topological polar surface area (TPSA) is 103 Å². The van der Waals surface area contributed by atoms with Gasteiger partial charge < -0.3 is 10.3 Å². The molecule has 3 rings (SSSR count). The van der Waals surface area contributed by atoms with Gasteiger partial charge in [0, 0.05) is 37.7 Å². The van der Waals surface area contributed by atoms with Crippen LogP contribution in [0, 0.1) is 0 Å². The van der Waals surface area contributed by atoms with Crippen LogP contribution >= 0.6 is 0 Å². The van der Waals surface area contributed by atoms with Gasteiger partial charge >= 0.3 is 10.2 Å². The van der Waals surface area contributed by atoms with Crippen LogP contribution in [0.25, 0.3) is 10.9 Å². The van der Waals surface area contributed by atoms with Gasteiger partial charge in [-0.05, 0) is 30.2 Å². The Labute approximate surface area is 146 Å². The van der Waals surface area contributed by atoms with Gasteiger partial charge in [-0.2, -0.15) is 12.7 Å². The maximum atomic E-state index is 11.7. The van der Waals surface area contributed by atoms with Gasteiger partial charge in [0.05, 0.1) is 0 Å². The van der Waals surface area contributed by atoms with Crippen molar-refractivity contribution in [3.63, 3.8) is 0 Å². The van der Waals surface area contributed by atoms with Crippen molar-refractivity contribution in [2.45, 2.75) is 6.42 Å². The van der Waals surface area contributed by atoms with Crippen molar-refractivity contribution in [3.05, 3.63) is 48.2 Å². The summed E-state index contributed by atoms with van der Waals surface area (Å²) < 4.78 is 26.9. The summed E-state index contributed by atoms with van der Waals surface area (Å²) in [7, 11) is -0.693. The smallest absolute Gasteiger partial charge is 0.302 e. The molecule has 3 N–H and O–H groups in total. The normalized spacial score (nSPS) is 11.8. The lowest BCUT2D eigenvalue weighted by Crippen LogP contribution is -2.29. The highest BCUT2D eigenvalue weighted by Gasteiger charge is 2.13. The van der Waals surface area contributed by atoms with E-state index in [0.717, 1.165) is 16.2 Å². The third-order valence-corrected chi connectivity index (χ3v) is 5.18. The minimum Gasteiger partial charge on any atom is -0.368 e. The molecule has 0 saturated carbocycles. The fourth-order valence-corrected chi connectivity index (χ4v) is 2.92. The number of hydrogen-bond donors (Lipinski definition) is 3. The molecule has 0 unspecified atom stereocenters. The number of H-pyrrole nitrogens is 1. The van der Waals surface area contributed by atoms with Crippen LogP contribution in [0.3, 0.4) is 0 Å². The predicted molar refractivity (Wildman–Crippen MR) is 98.8 cm³/mol. The van der Waals surface area contributed by atoms with Crippen LogP contribution in [-0.2, 0) is 16.6 Å². The second kappa shape index (κ2) is 7.08. The number of aromatic nitrogens is 3. The number of aromatic amines is 1. The summed E-state index contributed by atoms with van der Waals surface area (Å²) in [5, 5.41) is 12.3. The summed E-state index contributed by atoms with van der Waals surface area (Å²) in [6.07, 6.45) is 2.85.